The van der Waals surface area contributed by atoms with E-state index < -0.39 is 0 Å². The molecule has 0 radical (unpaired) electrons. The van der Waals surface area contributed by atoms with Crippen LogP contribution in [0.4, 0.5) is 0 Å². The number of benzene rings is 2. The molecule has 0 aromatic heterocycles. The van der Waals surface area contributed by atoms with Gasteiger partial charge in [0.25, 0.3) is 0 Å². The topological polar surface area (TPSA) is 41.6 Å². The Kier molecular flexibility index (Phi) is 6.64. The van der Waals surface area contributed by atoms with E-state index in [0.29, 0.717) is 13.0 Å². The summed E-state index contributed by atoms with van der Waals surface area (Å²) in [6, 6.07) is 16.4. The van der Waals surface area contributed by atoms with Crippen LogP contribution in [0.5, 0.6) is 0 Å². The number of amides is 1. The number of ether oxygens (including phenoxy) is 1. The first-order valence-corrected chi connectivity index (χ1v) is 9.77. The van der Waals surface area contributed by atoms with Crippen molar-refractivity contribution in [3.05, 3.63) is 70.8 Å². The second-order valence-corrected chi connectivity index (χ2v) is 7.60. The molecule has 27 heavy (non-hydrogen) atoms. The van der Waals surface area contributed by atoms with Crippen LogP contribution < -0.4 is 5.32 Å². The van der Waals surface area contributed by atoms with Crippen molar-refractivity contribution in [2.75, 3.05) is 13.1 Å². The van der Waals surface area contributed by atoms with Gasteiger partial charge >= 0.3 is 0 Å². The van der Waals surface area contributed by atoms with Crippen molar-refractivity contribution >= 4 is 5.91 Å². The molecule has 0 aliphatic carbocycles. The lowest BCUT2D eigenvalue weighted by Crippen LogP contribution is -2.45. The van der Waals surface area contributed by atoms with E-state index in [1.54, 1.807) is 0 Å². The summed E-state index contributed by atoms with van der Waals surface area (Å²) in [6.07, 6.45) is 0.942. The molecule has 4 heteroatoms. The van der Waals surface area contributed by atoms with Gasteiger partial charge in [-0.1, -0.05) is 48.5 Å². The predicted octanol–water partition coefficient (Wildman–Crippen LogP) is 3.46. The predicted molar refractivity (Wildman–Crippen MR) is 108 cm³/mol. The number of nitrogens with zero attached hydrogens (tertiary/aromatic N) is 1. The second kappa shape index (κ2) is 9.16. The minimum atomic E-state index is 0.0627. The highest BCUT2D eigenvalue weighted by atomic mass is 16.5. The van der Waals surface area contributed by atoms with E-state index in [-0.39, 0.29) is 18.1 Å². The van der Waals surface area contributed by atoms with Crippen molar-refractivity contribution in [1.82, 2.24) is 10.2 Å². The molecule has 1 aliphatic heterocycles. The number of carbonyl (C=O) groups excluding carboxylic acids is 1. The van der Waals surface area contributed by atoms with Crippen LogP contribution >= 0.6 is 0 Å². The Morgan fingerprint density at radius 2 is 1.59 bits per heavy atom. The van der Waals surface area contributed by atoms with Gasteiger partial charge in [-0.3, -0.25) is 9.69 Å². The molecule has 0 bridgehead atoms. The fraction of sp³-hybridized carbons (Fsp3) is 0.435. The summed E-state index contributed by atoms with van der Waals surface area (Å²) in [5.74, 6) is 0.0627. The summed E-state index contributed by atoms with van der Waals surface area (Å²) in [5.41, 5.74) is 4.70. The first kappa shape index (κ1) is 19.6. The van der Waals surface area contributed by atoms with Gasteiger partial charge in [-0.25, -0.2) is 0 Å². The molecule has 1 saturated heterocycles. The lowest BCUT2D eigenvalue weighted by atomic mass is 10.0. The molecule has 2 unspecified atom stereocenters. The first-order valence-electron chi connectivity index (χ1n) is 9.77. The summed E-state index contributed by atoms with van der Waals surface area (Å²) in [4.78, 5) is 14.8. The van der Waals surface area contributed by atoms with Crippen molar-refractivity contribution in [3.8, 4) is 0 Å². The van der Waals surface area contributed by atoms with E-state index in [0.717, 1.165) is 30.8 Å². The lowest BCUT2D eigenvalue weighted by molar-refractivity contribution is -0.120. The van der Waals surface area contributed by atoms with Gasteiger partial charge in [0.05, 0.1) is 18.6 Å². The Balaban J connectivity index is 1.59. The van der Waals surface area contributed by atoms with Gasteiger partial charge in [0.15, 0.2) is 0 Å². The molecule has 1 N–H and O–H groups in total. The van der Waals surface area contributed by atoms with Gasteiger partial charge in [0, 0.05) is 26.2 Å². The minimum absolute atomic E-state index is 0.0627. The number of aryl methyl sites for hydroxylation is 1. The normalized spacial score (nSPS) is 20.4. The van der Waals surface area contributed by atoms with Crippen molar-refractivity contribution in [2.24, 2.45) is 0 Å². The van der Waals surface area contributed by atoms with Crippen LogP contribution in [0.3, 0.4) is 0 Å². The number of carbonyl (C=O) groups is 1. The maximum Gasteiger partial charge on any atom is 0.224 e. The van der Waals surface area contributed by atoms with E-state index in [1.165, 1.54) is 11.1 Å². The fourth-order valence-electron chi connectivity index (χ4n) is 3.78. The van der Waals surface area contributed by atoms with Gasteiger partial charge in [-0.15, -0.1) is 0 Å². The zero-order valence-electron chi connectivity index (χ0n) is 16.6. The Morgan fingerprint density at radius 1 is 1.00 bits per heavy atom. The van der Waals surface area contributed by atoms with Crippen LogP contribution in [0, 0.1) is 6.92 Å². The molecule has 1 amide bonds. The molecule has 0 spiro atoms. The average Bonchev–Trinajstić information content (AvgIpc) is 2.62. The largest absolute Gasteiger partial charge is 0.373 e. The highest BCUT2D eigenvalue weighted by Gasteiger charge is 2.22. The maximum atomic E-state index is 12.4. The molecule has 2 aromatic rings. The van der Waals surface area contributed by atoms with E-state index in [9.17, 15) is 4.79 Å². The Hall–Kier alpha value is -2.17. The maximum absolute atomic E-state index is 12.4. The number of morpholine rings is 1. The van der Waals surface area contributed by atoms with Crippen LogP contribution in [0.2, 0.25) is 0 Å². The SMILES string of the molecule is Cc1ccccc1CC(=O)NCc1ccccc1CN1CC(C)OC(C)C1. The molecule has 0 saturated carbocycles. The molecule has 1 heterocycles. The quantitative estimate of drug-likeness (QED) is 0.851. The van der Waals surface area contributed by atoms with E-state index in [1.807, 2.05) is 37.3 Å². The van der Waals surface area contributed by atoms with Gasteiger partial charge in [0.2, 0.25) is 5.91 Å². The third-order valence-electron chi connectivity index (χ3n) is 5.10. The van der Waals surface area contributed by atoms with Crippen molar-refractivity contribution in [1.29, 1.82) is 0 Å². The monoisotopic (exact) mass is 366 g/mol. The first-order chi connectivity index (χ1) is 13.0. The zero-order valence-corrected chi connectivity index (χ0v) is 16.6. The van der Waals surface area contributed by atoms with Crippen molar-refractivity contribution < 1.29 is 9.53 Å². The molecule has 1 fully saturated rings. The summed E-state index contributed by atoms with van der Waals surface area (Å²) in [5, 5.41) is 3.09. The average molecular weight is 367 g/mol. The molecule has 4 nitrogen and oxygen atoms in total. The highest BCUT2D eigenvalue weighted by molar-refractivity contribution is 5.78. The lowest BCUT2D eigenvalue weighted by Gasteiger charge is -2.35. The third kappa shape index (κ3) is 5.65. The molecule has 144 valence electrons. The van der Waals surface area contributed by atoms with Crippen LogP contribution in [0.1, 0.15) is 36.1 Å². The van der Waals surface area contributed by atoms with Gasteiger partial charge in [-0.05, 0) is 43.0 Å². The van der Waals surface area contributed by atoms with E-state index in [2.05, 4.69) is 42.3 Å². The van der Waals surface area contributed by atoms with E-state index >= 15 is 0 Å². The van der Waals surface area contributed by atoms with Crippen molar-refractivity contribution in [3.63, 3.8) is 0 Å². The summed E-state index contributed by atoms with van der Waals surface area (Å²) < 4.78 is 5.83. The number of hydrogen-bond acceptors (Lipinski definition) is 3. The Labute approximate surface area is 162 Å². The summed E-state index contributed by atoms with van der Waals surface area (Å²) >= 11 is 0. The molecule has 2 atom stereocenters. The summed E-state index contributed by atoms with van der Waals surface area (Å²) in [6.45, 7) is 9.64. The third-order valence-corrected chi connectivity index (χ3v) is 5.10. The van der Waals surface area contributed by atoms with Crippen molar-refractivity contribution in [2.45, 2.75) is 52.5 Å². The fourth-order valence-corrected chi connectivity index (χ4v) is 3.78. The van der Waals surface area contributed by atoms with Crippen LogP contribution in [0.15, 0.2) is 48.5 Å². The number of rotatable bonds is 6. The van der Waals surface area contributed by atoms with Gasteiger partial charge in [-0.2, -0.15) is 0 Å². The standard InChI is InChI=1S/C23H30N2O2/c1-17-8-4-5-9-20(17)12-23(26)24-13-21-10-6-7-11-22(21)16-25-14-18(2)27-19(3)15-25/h4-11,18-19H,12-16H2,1-3H3,(H,24,26). The molecular weight excluding hydrogens is 336 g/mol. The van der Waals surface area contributed by atoms with Crippen LogP contribution in [-0.2, 0) is 29.0 Å². The molecule has 3 rings (SSSR count). The number of nitrogens with one attached hydrogen (secondary N) is 1. The number of hydrogen-bond donors (Lipinski definition) is 1. The highest BCUT2D eigenvalue weighted by Crippen LogP contribution is 2.17. The van der Waals surface area contributed by atoms with Crippen LogP contribution in [-0.4, -0.2) is 36.1 Å². The second-order valence-electron chi connectivity index (χ2n) is 7.60. The summed E-state index contributed by atoms with van der Waals surface area (Å²) in [7, 11) is 0. The zero-order chi connectivity index (χ0) is 19.2. The Bertz CT molecular complexity index is 764. The molecule has 2 aromatic carbocycles. The van der Waals surface area contributed by atoms with E-state index in [4.69, 9.17) is 4.74 Å². The van der Waals surface area contributed by atoms with Gasteiger partial charge < -0.3 is 10.1 Å². The molecular formula is C23H30N2O2. The molecule has 1 aliphatic rings. The smallest absolute Gasteiger partial charge is 0.224 e. The Morgan fingerprint density at radius 3 is 2.26 bits per heavy atom. The van der Waals surface area contributed by atoms with Crippen LogP contribution in [0.25, 0.3) is 0 Å². The van der Waals surface area contributed by atoms with Gasteiger partial charge in [0.1, 0.15) is 0 Å². The minimum Gasteiger partial charge on any atom is -0.373 e.